The summed E-state index contributed by atoms with van der Waals surface area (Å²) in [6.45, 7) is 0. The van der Waals surface area contributed by atoms with Gasteiger partial charge >= 0.3 is 6.18 Å². The summed E-state index contributed by atoms with van der Waals surface area (Å²) in [7, 11) is 0. The Hall–Kier alpha value is -2.39. The first kappa shape index (κ1) is 17.0. The van der Waals surface area contributed by atoms with Crippen molar-refractivity contribution in [1.82, 2.24) is 15.2 Å². The number of H-pyrrole nitrogens is 2. The van der Waals surface area contributed by atoms with E-state index in [1.54, 1.807) is 47.6 Å². The van der Waals surface area contributed by atoms with Gasteiger partial charge in [0, 0.05) is 5.56 Å². The third-order valence-electron chi connectivity index (χ3n) is 3.94. The van der Waals surface area contributed by atoms with Gasteiger partial charge < -0.3 is 0 Å². The summed E-state index contributed by atoms with van der Waals surface area (Å²) in [5.41, 5.74) is 1.14. The molecule has 3 heterocycles. The van der Waals surface area contributed by atoms with Crippen LogP contribution in [0, 0.1) is 0 Å². The fourth-order valence-corrected chi connectivity index (χ4v) is 4.32. The SMILES string of the molecule is CSc1ccc(-c2[nH+]cnc3ccc(-c4cn[nH]c4C(F)(F)F)cc23)s1. The monoisotopic (exact) mass is 393 g/mol. The van der Waals surface area contributed by atoms with Gasteiger partial charge in [-0.25, -0.2) is 4.98 Å². The van der Waals surface area contributed by atoms with Crippen LogP contribution >= 0.6 is 23.1 Å². The Morgan fingerprint density at radius 1 is 1.19 bits per heavy atom. The van der Waals surface area contributed by atoms with E-state index in [1.165, 1.54) is 6.20 Å². The van der Waals surface area contributed by atoms with Gasteiger partial charge in [-0.3, -0.25) is 5.10 Å². The minimum atomic E-state index is -4.49. The van der Waals surface area contributed by atoms with E-state index in [0.717, 1.165) is 20.2 Å². The second-order valence-corrected chi connectivity index (χ2v) is 7.68. The second kappa shape index (κ2) is 6.40. The van der Waals surface area contributed by atoms with E-state index in [0.29, 0.717) is 11.1 Å². The molecule has 4 aromatic rings. The van der Waals surface area contributed by atoms with Gasteiger partial charge in [-0.2, -0.15) is 18.3 Å². The molecule has 4 nitrogen and oxygen atoms in total. The molecule has 0 saturated carbocycles. The van der Waals surface area contributed by atoms with E-state index < -0.39 is 11.9 Å². The van der Waals surface area contributed by atoms with Crippen molar-refractivity contribution in [3.05, 3.63) is 48.5 Å². The number of hydrogen-bond acceptors (Lipinski definition) is 4. The van der Waals surface area contributed by atoms with Crippen molar-refractivity contribution in [3.8, 4) is 21.7 Å². The molecule has 0 aliphatic rings. The molecule has 0 saturated heterocycles. The highest BCUT2D eigenvalue weighted by Gasteiger charge is 2.36. The number of fused-ring (bicyclic) bond motifs is 1. The molecule has 0 fully saturated rings. The Bertz CT molecular complexity index is 1080. The summed E-state index contributed by atoms with van der Waals surface area (Å²) in [6.07, 6.45) is 0.293. The van der Waals surface area contributed by atoms with E-state index in [2.05, 4.69) is 20.2 Å². The summed E-state index contributed by atoms with van der Waals surface area (Å²) < 4.78 is 40.7. The van der Waals surface area contributed by atoms with Crippen molar-refractivity contribution in [2.24, 2.45) is 0 Å². The van der Waals surface area contributed by atoms with E-state index in [4.69, 9.17) is 0 Å². The van der Waals surface area contributed by atoms with Crippen LogP contribution in [0.5, 0.6) is 0 Å². The normalized spacial score (nSPS) is 12.0. The highest BCUT2D eigenvalue weighted by atomic mass is 32.2. The fraction of sp³-hybridized carbons (Fsp3) is 0.118. The average molecular weight is 393 g/mol. The fourth-order valence-electron chi connectivity index (χ4n) is 2.75. The third-order valence-corrected chi connectivity index (χ3v) is 6.13. The maximum Gasteiger partial charge on any atom is 0.433 e. The van der Waals surface area contributed by atoms with Gasteiger partial charge in [0.2, 0.25) is 0 Å². The Morgan fingerprint density at radius 2 is 2.04 bits per heavy atom. The molecular weight excluding hydrogens is 381 g/mol. The number of benzene rings is 1. The van der Waals surface area contributed by atoms with Crippen LogP contribution in [0.15, 0.2) is 47.1 Å². The molecule has 0 unspecified atom stereocenters. The molecule has 26 heavy (non-hydrogen) atoms. The number of rotatable bonds is 3. The molecule has 0 atom stereocenters. The van der Waals surface area contributed by atoms with E-state index in [9.17, 15) is 13.2 Å². The van der Waals surface area contributed by atoms with Crippen molar-refractivity contribution in [3.63, 3.8) is 0 Å². The quantitative estimate of drug-likeness (QED) is 0.503. The van der Waals surface area contributed by atoms with Crippen molar-refractivity contribution in [2.45, 2.75) is 10.4 Å². The molecular formula is C17H12F3N4S2+. The van der Waals surface area contributed by atoms with Gasteiger partial charge in [0.15, 0.2) is 11.2 Å². The summed E-state index contributed by atoms with van der Waals surface area (Å²) in [4.78, 5) is 8.41. The molecule has 9 heteroatoms. The smallest absolute Gasteiger partial charge is 0.273 e. The Labute approximate surface area is 154 Å². The first-order valence-electron chi connectivity index (χ1n) is 7.53. The molecule has 2 N–H and O–H groups in total. The zero-order valence-electron chi connectivity index (χ0n) is 13.4. The number of hydrogen-bond donors (Lipinski definition) is 1. The van der Waals surface area contributed by atoms with Crippen LogP contribution in [0.1, 0.15) is 5.69 Å². The molecule has 0 amide bonds. The zero-order chi connectivity index (χ0) is 18.3. The Balaban J connectivity index is 1.90. The summed E-state index contributed by atoms with van der Waals surface area (Å²) in [5, 5.41) is 6.38. The van der Waals surface area contributed by atoms with Crippen LogP contribution in [0.3, 0.4) is 0 Å². The molecule has 0 spiro atoms. The lowest BCUT2D eigenvalue weighted by Crippen LogP contribution is -2.08. The maximum atomic E-state index is 13.2. The number of nitrogens with zero attached hydrogens (tertiary/aromatic N) is 2. The first-order chi connectivity index (χ1) is 12.5. The number of thioether (sulfide) groups is 1. The van der Waals surface area contributed by atoms with Crippen LogP contribution in [0.4, 0.5) is 13.2 Å². The standard InChI is InChI=1S/C17H11F3N4S2/c1-25-14-5-4-13(26-14)15-10-6-9(2-3-12(10)21-8-22-15)11-7-23-24-16(11)17(18,19)20/h2-8H,1H3,(H,23,24)/p+1. The van der Waals surface area contributed by atoms with Crippen molar-refractivity contribution in [2.75, 3.05) is 6.26 Å². The predicted octanol–water partition coefficient (Wildman–Crippen LogP) is 4.91. The van der Waals surface area contributed by atoms with Gasteiger partial charge in [0.25, 0.3) is 6.33 Å². The van der Waals surface area contributed by atoms with Gasteiger partial charge in [0.1, 0.15) is 5.69 Å². The lowest BCUT2D eigenvalue weighted by atomic mass is 10.0. The topological polar surface area (TPSA) is 55.7 Å². The summed E-state index contributed by atoms with van der Waals surface area (Å²) in [6, 6.07) is 9.08. The van der Waals surface area contributed by atoms with Gasteiger partial charge in [-0.05, 0) is 47.1 Å². The lowest BCUT2D eigenvalue weighted by molar-refractivity contribution is -0.367. The van der Waals surface area contributed by atoms with E-state index >= 15 is 0 Å². The molecule has 3 aromatic heterocycles. The first-order valence-corrected chi connectivity index (χ1v) is 9.57. The molecule has 132 valence electrons. The van der Waals surface area contributed by atoms with Crippen LogP contribution in [-0.4, -0.2) is 21.4 Å². The molecule has 4 rings (SSSR count). The minimum Gasteiger partial charge on any atom is -0.273 e. The molecule has 0 radical (unpaired) electrons. The number of thiophene rings is 1. The number of halogens is 3. The van der Waals surface area contributed by atoms with Crippen LogP contribution in [0.25, 0.3) is 32.6 Å². The maximum absolute atomic E-state index is 13.2. The number of alkyl halides is 3. The average Bonchev–Trinajstić information content (AvgIpc) is 3.29. The number of aromatic nitrogens is 4. The van der Waals surface area contributed by atoms with Crippen molar-refractivity contribution in [1.29, 1.82) is 0 Å². The number of aromatic amines is 2. The molecule has 1 aromatic carbocycles. The highest BCUT2D eigenvalue weighted by molar-refractivity contribution is 8.00. The van der Waals surface area contributed by atoms with Crippen LogP contribution < -0.4 is 4.98 Å². The van der Waals surface area contributed by atoms with Gasteiger partial charge in [-0.15, -0.1) is 23.1 Å². The lowest BCUT2D eigenvalue weighted by Gasteiger charge is -2.07. The molecule has 0 bridgehead atoms. The third kappa shape index (κ3) is 2.97. The van der Waals surface area contributed by atoms with Gasteiger partial charge in [0.05, 0.1) is 20.7 Å². The van der Waals surface area contributed by atoms with Crippen molar-refractivity contribution >= 4 is 34.0 Å². The van der Waals surface area contributed by atoms with Crippen LogP contribution in [0.2, 0.25) is 0 Å². The number of nitrogens with one attached hydrogen (secondary N) is 2. The van der Waals surface area contributed by atoms with Gasteiger partial charge in [-0.1, -0.05) is 0 Å². The largest absolute Gasteiger partial charge is 0.433 e. The van der Waals surface area contributed by atoms with Crippen molar-refractivity contribution < 1.29 is 18.2 Å². The molecule has 0 aliphatic heterocycles. The van der Waals surface area contributed by atoms with E-state index in [-0.39, 0.29) is 5.56 Å². The van der Waals surface area contributed by atoms with Crippen LogP contribution in [-0.2, 0) is 6.18 Å². The summed E-state index contributed by atoms with van der Waals surface area (Å²) in [5.74, 6) is 0. The Morgan fingerprint density at radius 3 is 2.77 bits per heavy atom. The predicted molar refractivity (Wildman–Crippen MR) is 96.0 cm³/mol. The summed E-state index contributed by atoms with van der Waals surface area (Å²) >= 11 is 3.26. The molecule has 0 aliphatic carbocycles. The highest BCUT2D eigenvalue weighted by Crippen LogP contribution is 2.38. The Kier molecular flexibility index (Phi) is 4.20. The minimum absolute atomic E-state index is 0.0187. The zero-order valence-corrected chi connectivity index (χ0v) is 15.0. The second-order valence-electron chi connectivity index (χ2n) is 5.49. The van der Waals surface area contributed by atoms with E-state index in [1.807, 2.05) is 18.4 Å².